The van der Waals surface area contributed by atoms with Gasteiger partial charge in [-0.2, -0.15) is 0 Å². The van der Waals surface area contributed by atoms with Gasteiger partial charge in [0.2, 0.25) is 0 Å². The molecule has 3 nitrogen and oxygen atoms in total. The summed E-state index contributed by atoms with van der Waals surface area (Å²) in [7, 11) is 0. The zero-order valence-electron chi connectivity index (χ0n) is 14.4. The van der Waals surface area contributed by atoms with Crippen molar-refractivity contribution in [2.75, 3.05) is 6.54 Å². The Bertz CT molecular complexity index is 823. The molecule has 0 saturated carbocycles. The quantitative estimate of drug-likeness (QED) is 0.638. The van der Waals surface area contributed by atoms with Crippen LogP contribution in [0.3, 0.4) is 0 Å². The van der Waals surface area contributed by atoms with E-state index in [0.717, 1.165) is 11.1 Å². The molecule has 0 aliphatic rings. The van der Waals surface area contributed by atoms with E-state index in [-0.39, 0.29) is 12.4 Å². The van der Waals surface area contributed by atoms with E-state index in [0.29, 0.717) is 24.4 Å². The maximum Gasteiger partial charge on any atom is 0.129 e. The minimum atomic E-state index is -0.567. The van der Waals surface area contributed by atoms with Crippen LogP contribution in [-0.2, 0) is 13.2 Å². The van der Waals surface area contributed by atoms with Crippen molar-refractivity contribution < 1.29 is 14.2 Å². The van der Waals surface area contributed by atoms with E-state index in [1.807, 2.05) is 54.6 Å². The third-order valence-corrected chi connectivity index (χ3v) is 4.15. The molecule has 3 rings (SSSR count). The zero-order valence-corrected chi connectivity index (χ0v) is 14.4. The lowest BCUT2D eigenvalue weighted by Gasteiger charge is -2.15. The lowest BCUT2D eigenvalue weighted by molar-refractivity contribution is 0.174. The minimum absolute atomic E-state index is 0.177. The molecule has 0 heterocycles. The molecule has 0 aromatic heterocycles. The molecule has 1 atom stereocenters. The normalized spacial score (nSPS) is 11.9. The number of hydrogen-bond acceptors (Lipinski definition) is 3. The second kappa shape index (κ2) is 9.13. The van der Waals surface area contributed by atoms with E-state index in [4.69, 9.17) is 4.74 Å². The second-order valence-electron chi connectivity index (χ2n) is 6.05. The molecule has 0 aliphatic heterocycles. The number of halogens is 1. The molecule has 134 valence electrons. The second-order valence-corrected chi connectivity index (χ2v) is 6.05. The molecule has 0 spiro atoms. The summed E-state index contributed by atoms with van der Waals surface area (Å²) < 4.78 is 19.5. The molecule has 0 amide bonds. The molecular weight excluding hydrogens is 329 g/mol. The van der Waals surface area contributed by atoms with Gasteiger partial charge < -0.3 is 15.2 Å². The molecule has 0 unspecified atom stereocenters. The number of aliphatic hydroxyl groups is 1. The summed E-state index contributed by atoms with van der Waals surface area (Å²) in [5.74, 6) is 0.437. The van der Waals surface area contributed by atoms with Crippen molar-refractivity contribution >= 4 is 0 Å². The monoisotopic (exact) mass is 351 g/mol. The van der Waals surface area contributed by atoms with Gasteiger partial charge in [0.25, 0.3) is 0 Å². The van der Waals surface area contributed by atoms with Gasteiger partial charge in [0.1, 0.15) is 18.2 Å². The molecule has 2 N–H and O–H groups in total. The van der Waals surface area contributed by atoms with Gasteiger partial charge in [-0.1, -0.05) is 66.7 Å². The van der Waals surface area contributed by atoms with Gasteiger partial charge in [0.15, 0.2) is 0 Å². The van der Waals surface area contributed by atoms with Crippen LogP contribution in [0, 0.1) is 5.82 Å². The first kappa shape index (κ1) is 18.1. The van der Waals surface area contributed by atoms with E-state index < -0.39 is 6.10 Å². The largest absolute Gasteiger partial charge is 0.488 e. The zero-order chi connectivity index (χ0) is 18.2. The number of para-hydroxylation sites is 1. The topological polar surface area (TPSA) is 41.5 Å². The van der Waals surface area contributed by atoms with Gasteiger partial charge in [0.05, 0.1) is 6.10 Å². The van der Waals surface area contributed by atoms with Crippen LogP contribution in [0.15, 0.2) is 78.9 Å². The number of rotatable bonds is 8. The fraction of sp³-hybridized carbons (Fsp3) is 0.182. The Morgan fingerprint density at radius 2 is 1.50 bits per heavy atom. The van der Waals surface area contributed by atoms with E-state index in [1.165, 1.54) is 6.07 Å². The van der Waals surface area contributed by atoms with Gasteiger partial charge in [0, 0.05) is 24.2 Å². The number of hydrogen-bond donors (Lipinski definition) is 2. The average Bonchev–Trinajstić information content (AvgIpc) is 2.69. The highest BCUT2D eigenvalue weighted by Crippen LogP contribution is 2.20. The standard InChI is InChI=1S/C22H22FNO2/c23-20-12-6-4-11-19(20)16-26-22-13-7-5-10-18(22)14-24-15-21(25)17-8-2-1-3-9-17/h1-13,21,24-25H,14-16H2/t21-/m1/s1. The van der Waals surface area contributed by atoms with Crippen molar-refractivity contribution in [3.63, 3.8) is 0 Å². The molecule has 3 aromatic carbocycles. The number of ether oxygens (including phenoxy) is 1. The third kappa shape index (κ3) is 4.91. The Hall–Kier alpha value is -2.69. The van der Waals surface area contributed by atoms with Crippen molar-refractivity contribution in [2.45, 2.75) is 19.3 Å². The number of benzene rings is 3. The summed E-state index contributed by atoms with van der Waals surface area (Å²) in [6, 6.07) is 23.8. The molecule has 0 aliphatic carbocycles. The molecular formula is C22H22FNO2. The average molecular weight is 351 g/mol. The Balaban J connectivity index is 1.56. The van der Waals surface area contributed by atoms with Crippen LogP contribution in [0.25, 0.3) is 0 Å². The van der Waals surface area contributed by atoms with Crippen LogP contribution in [0.4, 0.5) is 4.39 Å². The van der Waals surface area contributed by atoms with Crippen LogP contribution in [0.1, 0.15) is 22.8 Å². The summed E-state index contributed by atoms with van der Waals surface area (Å²) in [6.07, 6.45) is -0.567. The first-order chi connectivity index (χ1) is 12.7. The number of nitrogens with one attached hydrogen (secondary N) is 1. The van der Waals surface area contributed by atoms with Crippen molar-refractivity contribution in [3.8, 4) is 5.75 Å². The van der Waals surface area contributed by atoms with Crippen LogP contribution in [0.2, 0.25) is 0 Å². The molecule has 0 saturated heterocycles. The molecule has 3 aromatic rings. The molecule has 26 heavy (non-hydrogen) atoms. The first-order valence-electron chi connectivity index (χ1n) is 8.62. The molecule has 0 radical (unpaired) electrons. The predicted octanol–water partition coefficient (Wildman–Crippen LogP) is 4.23. The highest BCUT2D eigenvalue weighted by atomic mass is 19.1. The van der Waals surface area contributed by atoms with Crippen LogP contribution in [-0.4, -0.2) is 11.7 Å². The number of aliphatic hydroxyl groups excluding tert-OH is 1. The Kier molecular flexibility index (Phi) is 6.36. The maximum atomic E-state index is 13.7. The Labute approximate surface area is 153 Å². The van der Waals surface area contributed by atoms with E-state index in [1.54, 1.807) is 18.2 Å². The summed E-state index contributed by atoms with van der Waals surface area (Å²) >= 11 is 0. The highest BCUT2D eigenvalue weighted by Gasteiger charge is 2.09. The van der Waals surface area contributed by atoms with Crippen molar-refractivity contribution in [3.05, 3.63) is 101 Å². The van der Waals surface area contributed by atoms with Crippen molar-refractivity contribution in [2.24, 2.45) is 0 Å². The summed E-state index contributed by atoms with van der Waals surface area (Å²) in [5, 5.41) is 13.5. The van der Waals surface area contributed by atoms with Crippen LogP contribution < -0.4 is 10.1 Å². The minimum Gasteiger partial charge on any atom is -0.488 e. The SMILES string of the molecule is O[C@H](CNCc1ccccc1OCc1ccccc1F)c1ccccc1. The molecule has 4 heteroatoms. The molecule has 0 bridgehead atoms. The van der Waals surface area contributed by atoms with Crippen LogP contribution in [0.5, 0.6) is 5.75 Å². The van der Waals surface area contributed by atoms with Gasteiger partial charge in [-0.15, -0.1) is 0 Å². The molecule has 0 fully saturated rings. The Morgan fingerprint density at radius 3 is 2.27 bits per heavy atom. The van der Waals surface area contributed by atoms with Crippen molar-refractivity contribution in [1.29, 1.82) is 0 Å². The van der Waals surface area contributed by atoms with Gasteiger partial charge in [-0.05, 0) is 17.7 Å². The van der Waals surface area contributed by atoms with E-state index >= 15 is 0 Å². The van der Waals surface area contributed by atoms with E-state index in [2.05, 4.69) is 5.32 Å². The van der Waals surface area contributed by atoms with E-state index in [9.17, 15) is 9.50 Å². The fourth-order valence-electron chi connectivity index (χ4n) is 2.70. The Morgan fingerprint density at radius 1 is 0.846 bits per heavy atom. The van der Waals surface area contributed by atoms with Gasteiger partial charge in [-0.25, -0.2) is 4.39 Å². The predicted molar refractivity (Wildman–Crippen MR) is 100 cm³/mol. The summed E-state index contributed by atoms with van der Waals surface area (Å²) in [4.78, 5) is 0. The lowest BCUT2D eigenvalue weighted by atomic mass is 10.1. The maximum absolute atomic E-state index is 13.7. The lowest BCUT2D eigenvalue weighted by Crippen LogP contribution is -2.21. The van der Waals surface area contributed by atoms with Crippen LogP contribution >= 0.6 is 0 Å². The van der Waals surface area contributed by atoms with Gasteiger partial charge in [-0.3, -0.25) is 0 Å². The third-order valence-electron chi connectivity index (χ3n) is 4.15. The van der Waals surface area contributed by atoms with Gasteiger partial charge >= 0.3 is 0 Å². The fourth-order valence-corrected chi connectivity index (χ4v) is 2.70. The first-order valence-corrected chi connectivity index (χ1v) is 8.62. The smallest absolute Gasteiger partial charge is 0.129 e. The summed E-state index contributed by atoms with van der Waals surface area (Å²) in [5.41, 5.74) is 2.36. The summed E-state index contributed by atoms with van der Waals surface area (Å²) in [6.45, 7) is 1.17. The highest BCUT2D eigenvalue weighted by molar-refractivity contribution is 5.33. The van der Waals surface area contributed by atoms with Crippen molar-refractivity contribution in [1.82, 2.24) is 5.32 Å².